The third kappa shape index (κ3) is 6.91. The van der Waals surface area contributed by atoms with Crippen LogP contribution in [-0.2, 0) is 27.8 Å². The number of nitro groups is 1. The van der Waals surface area contributed by atoms with Crippen molar-refractivity contribution in [3.63, 3.8) is 0 Å². The van der Waals surface area contributed by atoms with E-state index in [0.717, 1.165) is 12.0 Å². The summed E-state index contributed by atoms with van der Waals surface area (Å²) in [5.74, 6) is -1.67. The van der Waals surface area contributed by atoms with Crippen molar-refractivity contribution in [3.8, 4) is 0 Å². The van der Waals surface area contributed by atoms with E-state index in [1.807, 2.05) is 54.3 Å². The monoisotopic (exact) mass is 556 g/mol. The smallest absolute Gasteiger partial charge is 0.861 e. The Morgan fingerprint density at radius 2 is 1.76 bits per heavy atom. The average Bonchev–Trinajstić information content (AvgIpc) is 3.34. The first-order valence-corrected chi connectivity index (χ1v) is 12.0. The molecule has 0 spiro atoms. The molecule has 4 rings (SSSR count). The normalized spacial score (nSPS) is 16.2. The van der Waals surface area contributed by atoms with Crippen molar-refractivity contribution in [1.29, 1.82) is 0 Å². The molecular formula is C28H26N4NiO5. The molecule has 3 aromatic carbocycles. The van der Waals surface area contributed by atoms with Crippen LogP contribution in [0.25, 0.3) is 0 Å². The number of carboxylic acids is 1. The van der Waals surface area contributed by atoms with Gasteiger partial charge in [0, 0.05) is 35.3 Å². The minimum Gasteiger partial charge on any atom is -0.861 e. The number of rotatable bonds is 9. The van der Waals surface area contributed by atoms with Gasteiger partial charge in [0.05, 0.1) is 28.8 Å². The van der Waals surface area contributed by atoms with E-state index in [9.17, 15) is 25.1 Å². The number of aryl methyl sites for hydroxylation is 1. The number of aliphatic imine (C=N–C) groups is 2. The Labute approximate surface area is 230 Å². The topological polar surface area (TPSA) is 134 Å². The third-order valence-corrected chi connectivity index (χ3v) is 6.26. The minimum absolute atomic E-state index is 0. The molecule has 1 fully saturated rings. The Balaban J connectivity index is 0.00000400. The molecule has 1 atom stereocenters. The molecule has 1 saturated heterocycles. The molecule has 0 aliphatic carbocycles. The number of para-hydroxylation sites is 1. The zero-order valence-corrected chi connectivity index (χ0v) is 21.7. The van der Waals surface area contributed by atoms with Gasteiger partial charge in [-0.1, -0.05) is 60.2 Å². The van der Waals surface area contributed by atoms with Gasteiger partial charge in [0.25, 0.3) is 5.69 Å². The summed E-state index contributed by atoms with van der Waals surface area (Å²) in [5.41, 5.74) is 3.50. The number of carboxylic acid groups (broad SMARTS) is 1. The Kier molecular flexibility index (Phi) is 9.87. The van der Waals surface area contributed by atoms with Gasteiger partial charge < -0.3 is 15.0 Å². The summed E-state index contributed by atoms with van der Waals surface area (Å²) in [7, 11) is 0. The summed E-state index contributed by atoms with van der Waals surface area (Å²) in [4.78, 5) is 32.9. The van der Waals surface area contributed by atoms with E-state index in [1.54, 1.807) is 24.3 Å². The quantitative estimate of drug-likeness (QED) is 0.131. The van der Waals surface area contributed by atoms with E-state index in [-0.39, 0.29) is 34.6 Å². The van der Waals surface area contributed by atoms with E-state index in [1.165, 1.54) is 6.07 Å². The number of nitrogens with zero attached hydrogens (tertiary/aromatic N) is 4. The molecule has 38 heavy (non-hydrogen) atoms. The molecule has 0 aromatic heterocycles. The van der Waals surface area contributed by atoms with Crippen LogP contribution in [0.4, 0.5) is 11.4 Å². The SMILES string of the molecule is Cc1ccc(N=C([O-])C2CCCN2Cc2ccccc2[N+](=O)[O-])c(C(=NCC(=O)[O-])c2ccccc2)c1.[Ni+2]. The zero-order chi connectivity index (χ0) is 26.4. The molecule has 9 nitrogen and oxygen atoms in total. The fraction of sp³-hybridized carbons (Fsp3) is 0.250. The molecule has 0 radical (unpaired) electrons. The molecule has 1 heterocycles. The fourth-order valence-corrected chi connectivity index (χ4v) is 4.54. The molecule has 1 unspecified atom stereocenters. The number of hydrogen-bond acceptors (Lipinski definition) is 8. The Bertz CT molecular complexity index is 1360. The van der Waals surface area contributed by atoms with Crippen molar-refractivity contribution >= 4 is 29.0 Å². The molecule has 1 aliphatic heterocycles. The maximum Gasteiger partial charge on any atom is 2.00 e. The van der Waals surface area contributed by atoms with Gasteiger partial charge in [0.15, 0.2) is 0 Å². The number of aliphatic carboxylic acids is 1. The molecule has 198 valence electrons. The van der Waals surface area contributed by atoms with Crippen molar-refractivity contribution in [3.05, 3.63) is 105 Å². The number of likely N-dealkylation sites (tertiary alicyclic amines) is 1. The molecule has 0 saturated carbocycles. The Morgan fingerprint density at radius 1 is 1.05 bits per heavy atom. The van der Waals surface area contributed by atoms with Crippen LogP contribution in [0, 0.1) is 17.0 Å². The van der Waals surface area contributed by atoms with Crippen molar-refractivity contribution in [2.24, 2.45) is 9.98 Å². The maximum atomic E-state index is 13.4. The van der Waals surface area contributed by atoms with E-state index in [4.69, 9.17) is 0 Å². The van der Waals surface area contributed by atoms with Crippen LogP contribution in [0.15, 0.2) is 82.8 Å². The second-order valence-electron chi connectivity index (χ2n) is 8.89. The molecule has 0 N–H and O–H groups in total. The predicted octanol–water partition coefficient (Wildman–Crippen LogP) is 2.54. The number of hydrogen-bond donors (Lipinski definition) is 0. The van der Waals surface area contributed by atoms with E-state index < -0.39 is 23.5 Å². The van der Waals surface area contributed by atoms with Gasteiger partial charge in [-0.2, -0.15) is 0 Å². The van der Waals surface area contributed by atoms with Gasteiger partial charge in [0.2, 0.25) is 0 Å². The first kappa shape index (κ1) is 28.7. The molecule has 3 aromatic rings. The van der Waals surface area contributed by atoms with Crippen molar-refractivity contribution in [2.45, 2.75) is 32.4 Å². The standard InChI is InChI=1S/C28H28N4O5.Ni/c1-19-13-14-23(22(16-19)27(29-17-26(33)34)20-8-3-2-4-9-20)30-28(35)25-12-7-15-31(25)18-21-10-5-6-11-24(21)32(36)37;/h2-6,8-11,13-14,16,25H,7,12,15,17-18H2,1H3,(H,30,35)(H,33,34);/q;+2/p-2. The fourth-order valence-electron chi connectivity index (χ4n) is 4.54. The van der Waals surface area contributed by atoms with Crippen molar-refractivity contribution in [2.75, 3.05) is 13.1 Å². The molecule has 0 bridgehead atoms. The van der Waals surface area contributed by atoms with Crippen LogP contribution in [0.3, 0.4) is 0 Å². The van der Waals surface area contributed by atoms with Crippen LogP contribution in [0.1, 0.15) is 35.1 Å². The van der Waals surface area contributed by atoms with Gasteiger partial charge in [-0.15, -0.1) is 0 Å². The van der Waals surface area contributed by atoms with Crippen molar-refractivity contribution in [1.82, 2.24) is 4.90 Å². The predicted molar refractivity (Wildman–Crippen MR) is 137 cm³/mol. The second kappa shape index (κ2) is 13.1. The molecular weight excluding hydrogens is 531 g/mol. The summed E-state index contributed by atoms with van der Waals surface area (Å²) < 4.78 is 0. The zero-order valence-electron chi connectivity index (χ0n) is 20.7. The Hall–Kier alpha value is -3.88. The first-order valence-electron chi connectivity index (χ1n) is 12.0. The van der Waals surface area contributed by atoms with Crippen molar-refractivity contribution < 1.29 is 36.4 Å². The maximum absolute atomic E-state index is 13.4. The Morgan fingerprint density at radius 3 is 2.47 bits per heavy atom. The minimum atomic E-state index is -1.31. The summed E-state index contributed by atoms with van der Waals surface area (Å²) in [5, 5.41) is 36.0. The molecule has 10 heteroatoms. The van der Waals surface area contributed by atoms with Crippen LogP contribution in [0.5, 0.6) is 0 Å². The third-order valence-electron chi connectivity index (χ3n) is 6.26. The number of carbonyl (C=O) groups excluding carboxylic acids is 1. The summed E-state index contributed by atoms with van der Waals surface area (Å²) in [6, 6.07) is 20.5. The van der Waals surface area contributed by atoms with Crippen LogP contribution >= 0.6 is 0 Å². The second-order valence-corrected chi connectivity index (χ2v) is 8.89. The van der Waals surface area contributed by atoms with Gasteiger partial charge in [-0.05, 0) is 44.3 Å². The first-order chi connectivity index (χ1) is 17.8. The molecule has 1 aliphatic rings. The van der Waals surface area contributed by atoms with Gasteiger partial charge in [-0.25, -0.2) is 0 Å². The average molecular weight is 557 g/mol. The molecule has 0 amide bonds. The van der Waals surface area contributed by atoms with E-state index in [2.05, 4.69) is 9.98 Å². The van der Waals surface area contributed by atoms with E-state index in [0.29, 0.717) is 41.1 Å². The summed E-state index contributed by atoms with van der Waals surface area (Å²) in [6.07, 6.45) is 1.37. The van der Waals surface area contributed by atoms with Gasteiger partial charge >= 0.3 is 16.5 Å². The van der Waals surface area contributed by atoms with Gasteiger partial charge in [0.1, 0.15) is 0 Å². The number of benzene rings is 3. The van der Waals surface area contributed by atoms with Gasteiger partial charge in [-0.3, -0.25) is 25.0 Å². The van der Waals surface area contributed by atoms with E-state index >= 15 is 0 Å². The van der Waals surface area contributed by atoms with Crippen LogP contribution in [-0.4, -0.2) is 46.5 Å². The summed E-state index contributed by atoms with van der Waals surface area (Å²) >= 11 is 0. The van der Waals surface area contributed by atoms with Crippen LogP contribution < -0.4 is 10.2 Å². The summed E-state index contributed by atoms with van der Waals surface area (Å²) in [6.45, 7) is 2.26. The largest absolute Gasteiger partial charge is 2.00 e. The number of carbonyl (C=O) groups is 1. The van der Waals surface area contributed by atoms with Crippen LogP contribution in [0.2, 0.25) is 0 Å². The number of nitro benzene ring substituents is 1.